The topological polar surface area (TPSA) is 61.9 Å². The van der Waals surface area contributed by atoms with Crippen molar-refractivity contribution in [2.24, 2.45) is 0 Å². The average molecular weight is 125 g/mol. The van der Waals surface area contributed by atoms with E-state index < -0.39 is 0 Å². The quantitative estimate of drug-likeness (QED) is 0.476. The first kappa shape index (κ1) is 5.81. The van der Waals surface area contributed by atoms with Crippen molar-refractivity contribution in [2.75, 3.05) is 0 Å². The predicted octanol–water partition coefficient (Wildman–Crippen LogP) is -0.0917. The van der Waals surface area contributed by atoms with Gasteiger partial charge in [-0.25, -0.2) is 4.98 Å². The molecule has 9 heavy (non-hydrogen) atoms. The first-order valence-electron chi connectivity index (χ1n) is 2.49. The molecule has 1 aromatic rings. The molecule has 0 saturated heterocycles. The summed E-state index contributed by atoms with van der Waals surface area (Å²) in [6, 6.07) is 1.47. The second-order valence-electron chi connectivity index (χ2n) is 1.76. The van der Waals surface area contributed by atoms with Crippen LogP contribution < -0.4 is 5.49 Å². The van der Waals surface area contributed by atoms with Crippen molar-refractivity contribution in [3.8, 4) is 0 Å². The lowest BCUT2D eigenvalue weighted by molar-refractivity contribution is 0.173. The van der Waals surface area contributed by atoms with Crippen LogP contribution in [0.3, 0.4) is 0 Å². The van der Waals surface area contributed by atoms with Crippen molar-refractivity contribution in [2.45, 2.75) is 6.92 Å². The zero-order chi connectivity index (χ0) is 6.85. The van der Waals surface area contributed by atoms with Crippen LogP contribution in [-0.4, -0.2) is 14.9 Å². The van der Waals surface area contributed by atoms with E-state index >= 15 is 0 Å². The van der Waals surface area contributed by atoms with Gasteiger partial charge in [-0.1, -0.05) is 0 Å². The Morgan fingerprint density at radius 2 is 2.44 bits per heavy atom. The van der Waals surface area contributed by atoms with Crippen LogP contribution >= 0.6 is 0 Å². The Morgan fingerprint density at radius 1 is 1.78 bits per heavy atom. The molecule has 0 amide bonds. The van der Waals surface area contributed by atoms with Crippen LogP contribution in [0.2, 0.25) is 0 Å². The lowest BCUT2D eigenvalue weighted by Crippen LogP contribution is -2.10. The van der Waals surface area contributed by atoms with E-state index in [4.69, 9.17) is 10.6 Å². The first-order valence-corrected chi connectivity index (χ1v) is 2.49. The molecule has 4 nitrogen and oxygen atoms in total. The molecule has 0 aliphatic rings. The summed E-state index contributed by atoms with van der Waals surface area (Å²) in [5.74, 6) is 0. The number of hydrogen-bond acceptors (Lipinski definition) is 3. The Hall–Kier alpha value is -1.32. The van der Waals surface area contributed by atoms with E-state index in [9.17, 15) is 0 Å². The molecule has 1 rings (SSSR count). The minimum Gasteiger partial charge on any atom is -0.427 e. The third-order valence-corrected chi connectivity index (χ3v) is 1.01. The van der Waals surface area contributed by atoms with Gasteiger partial charge in [0.2, 0.25) is 0 Å². The van der Waals surface area contributed by atoms with Gasteiger partial charge >= 0.3 is 0 Å². The normalized spacial score (nSPS) is 9.44. The van der Waals surface area contributed by atoms with Crippen LogP contribution in [-0.2, 0) is 0 Å². The molecule has 0 atom stereocenters. The molecular weight excluding hydrogens is 118 g/mol. The number of aryl methyl sites for hydroxylation is 1. The van der Waals surface area contributed by atoms with Gasteiger partial charge in [-0.2, -0.15) is 4.73 Å². The van der Waals surface area contributed by atoms with E-state index in [1.54, 1.807) is 6.92 Å². The minimum absolute atomic E-state index is 0.165. The Balaban J connectivity index is 3.34. The largest absolute Gasteiger partial charge is 0.427 e. The maximum Gasteiger partial charge on any atom is 0.148 e. The summed E-state index contributed by atoms with van der Waals surface area (Å²) in [7, 11) is 0. The monoisotopic (exact) mass is 125 g/mol. The van der Waals surface area contributed by atoms with Gasteiger partial charge in [0.25, 0.3) is 0 Å². The summed E-state index contributed by atoms with van der Waals surface area (Å²) >= 11 is 0. The highest BCUT2D eigenvalue weighted by atomic mass is 16.5. The van der Waals surface area contributed by atoms with Gasteiger partial charge in [-0.05, 0) is 6.92 Å². The van der Waals surface area contributed by atoms with Crippen molar-refractivity contribution < 1.29 is 5.21 Å². The number of nitrogens with zero attached hydrogens (tertiary/aromatic N) is 2. The van der Waals surface area contributed by atoms with Crippen LogP contribution in [0.5, 0.6) is 0 Å². The summed E-state index contributed by atoms with van der Waals surface area (Å²) in [6.45, 7) is 1.69. The molecule has 4 heteroatoms. The van der Waals surface area contributed by atoms with E-state index in [-0.39, 0.29) is 5.49 Å². The van der Waals surface area contributed by atoms with Gasteiger partial charge in [0.15, 0.2) is 0 Å². The van der Waals surface area contributed by atoms with Crippen molar-refractivity contribution in [3.05, 3.63) is 23.6 Å². The van der Waals surface area contributed by atoms with Crippen LogP contribution in [0.15, 0.2) is 12.4 Å². The van der Waals surface area contributed by atoms with Crippen LogP contribution in [0, 0.1) is 12.3 Å². The average Bonchev–Trinajstić information content (AvgIpc) is 1.80. The van der Waals surface area contributed by atoms with Gasteiger partial charge in [0, 0.05) is 6.07 Å². The van der Waals surface area contributed by atoms with Crippen molar-refractivity contribution in [3.63, 3.8) is 0 Å². The molecule has 0 aliphatic carbocycles. The molecular formula is C5H7N3O. The Bertz CT molecular complexity index is 265. The molecule has 1 heterocycles. The van der Waals surface area contributed by atoms with Gasteiger partial charge in [-0.3, -0.25) is 5.41 Å². The third-order valence-electron chi connectivity index (χ3n) is 1.01. The molecule has 1 aromatic heterocycles. The zero-order valence-electron chi connectivity index (χ0n) is 5.00. The van der Waals surface area contributed by atoms with Gasteiger partial charge < -0.3 is 5.21 Å². The van der Waals surface area contributed by atoms with Crippen LogP contribution in [0.1, 0.15) is 5.69 Å². The molecule has 0 aromatic carbocycles. The maximum absolute atomic E-state index is 8.81. The zero-order valence-corrected chi connectivity index (χ0v) is 5.00. The number of rotatable bonds is 0. The second kappa shape index (κ2) is 1.89. The Morgan fingerprint density at radius 3 is 2.89 bits per heavy atom. The van der Waals surface area contributed by atoms with Crippen molar-refractivity contribution in [1.29, 1.82) is 5.41 Å². The highest BCUT2D eigenvalue weighted by Gasteiger charge is 1.87. The highest BCUT2D eigenvalue weighted by molar-refractivity contribution is 4.93. The molecule has 0 spiro atoms. The summed E-state index contributed by atoms with van der Waals surface area (Å²) in [5, 5.41) is 15.8. The van der Waals surface area contributed by atoms with E-state index in [1.165, 1.54) is 12.4 Å². The molecule has 0 fully saturated rings. The lowest BCUT2D eigenvalue weighted by atomic mass is 10.4. The molecule has 2 N–H and O–H groups in total. The SMILES string of the molecule is Cc1cc(=N)ncn1O. The summed E-state index contributed by atoms with van der Waals surface area (Å²) in [6.07, 6.45) is 1.19. The van der Waals surface area contributed by atoms with Crippen LogP contribution in [0.4, 0.5) is 0 Å². The van der Waals surface area contributed by atoms with Crippen molar-refractivity contribution >= 4 is 0 Å². The predicted molar refractivity (Wildman–Crippen MR) is 30.0 cm³/mol. The summed E-state index contributed by atoms with van der Waals surface area (Å²) < 4.78 is 0.873. The fourth-order valence-electron chi connectivity index (χ4n) is 0.509. The molecule has 0 unspecified atom stereocenters. The fourth-order valence-corrected chi connectivity index (χ4v) is 0.509. The van der Waals surface area contributed by atoms with Gasteiger partial charge in [0.1, 0.15) is 11.8 Å². The maximum atomic E-state index is 8.81. The number of aromatic nitrogens is 2. The molecule has 0 saturated carbocycles. The Kier molecular flexibility index (Phi) is 1.22. The van der Waals surface area contributed by atoms with Crippen molar-refractivity contribution in [1.82, 2.24) is 9.71 Å². The van der Waals surface area contributed by atoms with E-state index in [0.29, 0.717) is 5.69 Å². The second-order valence-corrected chi connectivity index (χ2v) is 1.76. The van der Waals surface area contributed by atoms with Gasteiger partial charge in [-0.15, -0.1) is 0 Å². The molecule has 48 valence electrons. The lowest BCUT2D eigenvalue weighted by Gasteiger charge is -1.97. The third kappa shape index (κ3) is 1.07. The first-order chi connectivity index (χ1) is 4.20. The van der Waals surface area contributed by atoms with E-state index in [1.807, 2.05) is 0 Å². The van der Waals surface area contributed by atoms with Crippen LogP contribution in [0.25, 0.3) is 0 Å². The molecule has 0 radical (unpaired) electrons. The summed E-state index contributed by atoms with van der Waals surface area (Å²) in [4.78, 5) is 3.52. The molecule has 0 aliphatic heterocycles. The van der Waals surface area contributed by atoms with E-state index in [2.05, 4.69) is 4.98 Å². The smallest absolute Gasteiger partial charge is 0.148 e. The highest BCUT2D eigenvalue weighted by Crippen LogP contribution is 1.84. The van der Waals surface area contributed by atoms with E-state index in [0.717, 1.165) is 4.73 Å². The minimum atomic E-state index is 0.165. The number of hydrogen-bond donors (Lipinski definition) is 2. The fraction of sp³-hybridized carbons (Fsp3) is 0.200. The molecule has 0 bridgehead atoms. The Labute approximate surface area is 51.9 Å². The summed E-state index contributed by atoms with van der Waals surface area (Å²) in [5.41, 5.74) is 0.771. The van der Waals surface area contributed by atoms with Gasteiger partial charge in [0.05, 0.1) is 5.69 Å². The number of nitrogens with one attached hydrogen (secondary N) is 1. The standard InChI is InChI=1S/C5H7N3O/c1-4-2-5(6)7-3-8(4)9/h2-3,6,9H,1H3.